The molecule has 0 aromatic carbocycles. The van der Waals surface area contributed by atoms with Gasteiger partial charge in [-0.25, -0.2) is 4.79 Å². The third-order valence-electron chi connectivity index (χ3n) is 0.380. The smallest absolute Gasteiger partial charge is 0.349 e. The predicted octanol–water partition coefficient (Wildman–Crippen LogP) is 0.715. The van der Waals surface area contributed by atoms with E-state index in [1.54, 1.807) is 0 Å². The van der Waals surface area contributed by atoms with Gasteiger partial charge in [0.15, 0.2) is 0 Å². The van der Waals surface area contributed by atoms with Gasteiger partial charge in [-0.3, -0.25) is 0 Å². The number of carbonyl (C=O) groups excluding carboxylic acids is 1. The van der Waals surface area contributed by atoms with E-state index in [1.807, 2.05) is 0 Å². The van der Waals surface area contributed by atoms with E-state index in [0.717, 1.165) is 0 Å². The average molecular weight is 120 g/mol. The van der Waals surface area contributed by atoms with Gasteiger partial charge < -0.3 is 4.74 Å². The van der Waals surface area contributed by atoms with Gasteiger partial charge in [0.05, 0.1) is 7.11 Å². The number of hydrogen-bond acceptors (Lipinski definition) is 2. The molecule has 0 aliphatic carbocycles. The molecule has 0 atom stereocenters. The van der Waals surface area contributed by atoms with Crippen molar-refractivity contribution in [3.05, 3.63) is 11.6 Å². The minimum atomic E-state index is -0.693. The summed E-state index contributed by atoms with van der Waals surface area (Å²) in [7, 11) is 1.21. The van der Waals surface area contributed by atoms with Crippen LogP contribution in [0.15, 0.2) is 5.03 Å². The minimum Gasteiger partial charge on any atom is -0.465 e. The van der Waals surface area contributed by atoms with Gasteiger partial charge >= 0.3 is 5.97 Å². The average Bonchev–Trinajstić information content (AvgIpc) is 1.65. The highest BCUT2D eigenvalue weighted by Gasteiger charge is 1.99. The van der Waals surface area contributed by atoms with Gasteiger partial charge in [-0.15, -0.1) is 0 Å². The van der Waals surface area contributed by atoms with Crippen molar-refractivity contribution in [2.45, 2.75) is 0 Å². The van der Waals surface area contributed by atoms with E-state index in [2.05, 4.69) is 4.74 Å². The molecular weight excluding hydrogens is 115 g/mol. The van der Waals surface area contributed by atoms with Crippen LogP contribution in [0.25, 0.3) is 0 Å². The fourth-order valence-electron chi connectivity index (χ4n) is 0.0975. The Labute approximate surface area is 46.7 Å². The van der Waals surface area contributed by atoms with E-state index >= 15 is 0 Å². The normalized spacial score (nSPS) is 7.71. The summed E-state index contributed by atoms with van der Waals surface area (Å²) in [5.74, 6) is -0.693. The number of methoxy groups -OCH3 is 1. The second-order valence-electron chi connectivity index (χ2n) is 0.840. The van der Waals surface area contributed by atoms with Gasteiger partial charge in [0.2, 0.25) is 0 Å². The lowest BCUT2D eigenvalue weighted by atomic mass is 10.7. The number of halogens is 1. The fraction of sp³-hybridized carbons (Fsp3) is 0.250. The molecule has 0 saturated heterocycles. The highest BCUT2D eigenvalue weighted by Crippen LogP contribution is 1.96. The first-order chi connectivity index (χ1) is 3.18. The van der Waals surface area contributed by atoms with Crippen LogP contribution >= 0.6 is 11.6 Å². The Morgan fingerprint density at radius 2 is 2.29 bits per heavy atom. The number of esters is 1. The Kier molecular flexibility index (Phi) is 2.45. The maximum absolute atomic E-state index is 10.00. The molecule has 0 amide bonds. The summed E-state index contributed by atoms with van der Waals surface area (Å²) in [6, 6.07) is 0. The van der Waals surface area contributed by atoms with Crippen LogP contribution in [0.3, 0.4) is 0 Å². The molecule has 0 saturated carbocycles. The SMILES string of the molecule is [CH]=C(Cl)C(=O)OC. The van der Waals surface area contributed by atoms with E-state index < -0.39 is 5.97 Å². The summed E-state index contributed by atoms with van der Waals surface area (Å²) in [6.07, 6.45) is 0. The van der Waals surface area contributed by atoms with Crippen LogP contribution in [0.2, 0.25) is 0 Å². The van der Waals surface area contributed by atoms with Crippen molar-refractivity contribution in [3.8, 4) is 0 Å². The van der Waals surface area contributed by atoms with Crippen LogP contribution in [0.1, 0.15) is 0 Å². The Bertz CT molecular complexity index is 97.9. The molecule has 0 unspecified atom stereocenters. The van der Waals surface area contributed by atoms with E-state index in [1.165, 1.54) is 7.11 Å². The van der Waals surface area contributed by atoms with Crippen molar-refractivity contribution in [1.82, 2.24) is 0 Å². The van der Waals surface area contributed by atoms with Gasteiger partial charge in [-0.05, 0) is 6.58 Å². The van der Waals surface area contributed by atoms with Crippen molar-refractivity contribution in [2.24, 2.45) is 0 Å². The highest BCUT2D eigenvalue weighted by molar-refractivity contribution is 6.40. The largest absolute Gasteiger partial charge is 0.465 e. The van der Waals surface area contributed by atoms with Crippen molar-refractivity contribution in [3.63, 3.8) is 0 Å². The topological polar surface area (TPSA) is 26.3 Å². The van der Waals surface area contributed by atoms with Crippen LogP contribution in [0, 0.1) is 6.58 Å². The Hall–Kier alpha value is -0.500. The van der Waals surface area contributed by atoms with Crippen molar-refractivity contribution >= 4 is 17.6 Å². The van der Waals surface area contributed by atoms with Gasteiger partial charge in [-0.1, -0.05) is 11.6 Å². The molecule has 0 aliphatic rings. The lowest BCUT2D eigenvalue weighted by Gasteiger charge is -1.89. The first-order valence-electron chi connectivity index (χ1n) is 1.54. The number of ether oxygens (including phenoxy) is 1. The summed E-state index contributed by atoms with van der Waals surface area (Å²) in [5, 5.41) is -0.345. The van der Waals surface area contributed by atoms with Crippen LogP contribution in [-0.4, -0.2) is 13.1 Å². The molecule has 0 heterocycles. The molecule has 0 N–H and O–H groups in total. The van der Waals surface area contributed by atoms with Crippen LogP contribution in [0.5, 0.6) is 0 Å². The van der Waals surface area contributed by atoms with Crippen molar-refractivity contribution in [2.75, 3.05) is 7.11 Å². The summed E-state index contributed by atoms with van der Waals surface area (Å²) in [6.45, 7) is 4.75. The zero-order valence-corrected chi connectivity index (χ0v) is 4.53. The molecule has 0 aliphatic heterocycles. The Balaban J connectivity index is 3.58. The maximum atomic E-state index is 10.00. The second kappa shape index (κ2) is 2.64. The quantitative estimate of drug-likeness (QED) is 0.376. The maximum Gasteiger partial charge on any atom is 0.349 e. The van der Waals surface area contributed by atoms with Gasteiger partial charge in [0.1, 0.15) is 5.03 Å². The van der Waals surface area contributed by atoms with Gasteiger partial charge in [-0.2, -0.15) is 0 Å². The standard InChI is InChI=1S/C4H4ClO2/c1-3(5)4(6)7-2/h1H,2H3. The molecule has 0 spiro atoms. The van der Waals surface area contributed by atoms with Crippen LogP contribution < -0.4 is 0 Å². The highest BCUT2D eigenvalue weighted by atomic mass is 35.5. The molecule has 2 nitrogen and oxygen atoms in total. The molecule has 0 bridgehead atoms. The van der Waals surface area contributed by atoms with Gasteiger partial charge in [0, 0.05) is 0 Å². The summed E-state index contributed by atoms with van der Waals surface area (Å²) in [4.78, 5) is 10.00. The van der Waals surface area contributed by atoms with Crippen molar-refractivity contribution in [1.29, 1.82) is 0 Å². The lowest BCUT2D eigenvalue weighted by Crippen LogP contribution is -1.97. The first kappa shape index (κ1) is 6.50. The monoisotopic (exact) mass is 119 g/mol. The molecule has 0 aromatic heterocycles. The van der Waals surface area contributed by atoms with Crippen LogP contribution in [-0.2, 0) is 9.53 Å². The van der Waals surface area contributed by atoms with E-state index in [0.29, 0.717) is 0 Å². The molecular formula is C4H4ClO2. The zero-order valence-electron chi connectivity index (χ0n) is 3.77. The van der Waals surface area contributed by atoms with Crippen molar-refractivity contribution < 1.29 is 9.53 Å². The lowest BCUT2D eigenvalue weighted by molar-refractivity contribution is -0.135. The van der Waals surface area contributed by atoms with Gasteiger partial charge in [0.25, 0.3) is 0 Å². The molecule has 39 valence electrons. The number of hydrogen-bond donors (Lipinski definition) is 0. The van der Waals surface area contributed by atoms with E-state index in [-0.39, 0.29) is 5.03 Å². The van der Waals surface area contributed by atoms with E-state index in [4.69, 9.17) is 18.2 Å². The molecule has 0 aromatic rings. The number of rotatable bonds is 1. The number of carbonyl (C=O) groups is 1. The minimum absolute atomic E-state index is 0.345. The summed E-state index contributed by atoms with van der Waals surface area (Å²) < 4.78 is 4.08. The van der Waals surface area contributed by atoms with Crippen LogP contribution in [0.4, 0.5) is 0 Å². The molecule has 0 fully saturated rings. The predicted molar refractivity (Wildman–Crippen MR) is 25.7 cm³/mol. The Morgan fingerprint density at radius 1 is 1.86 bits per heavy atom. The molecule has 3 heteroatoms. The second-order valence-corrected chi connectivity index (χ2v) is 1.25. The molecule has 1 radical (unpaired) electrons. The zero-order chi connectivity index (χ0) is 5.86. The third-order valence-corrected chi connectivity index (χ3v) is 0.535. The fourth-order valence-corrected chi connectivity index (χ4v) is 0.175. The first-order valence-corrected chi connectivity index (χ1v) is 1.92. The Morgan fingerprint density at radius 3 is 2.29 bits per heavy atom. The summed E-state index contributed by atoms with van der Waals surface area (Å²) in [5.41, 5.74) is 0. The third kappa shape index (κ3) is 2.23. The summed E-state index contributed by atoms with van der Waals surface area (Å²) >= 11 is 4.95. The molecule has 0 rings (SSSR count). The van der Waals surface area contributed by atoms with E-state index in [9.17, 15) is 4.79 Å². The molecule has 7 heavy (non-hydrogen) atoms.